The highest BCUT2D eigenvalue weighted by molar-refractivity contribution is 5.54. The lowest BCUT2D eigenvalue weighted by atomic mass is 10.1. The molecule has 0 spiro atoms. The minimum atomic E-state index is -0.610. The number of ether oxygens (including phenoxy) is 1. The van der Waals surface area contributed by atoms with Gasteiger partial charge in [0.2, 0.25) is 5.82 Å². The highest BCUT2D eigenvalue weighted by Gasteiger charge is 2.27. The largest absolute Gasteiger partial charge is 0.368 e. The zero-order chi connectivity index (χ0) is 13.9. The molecule has 0 aliphatic carbocycles. The van der Waals surface area contributed by atoms with Crippen LogP contribution in [0.2, 0.25) is 0 Å². The van der Waals surface area contributed by atoms with E-state index in [1.807, 2.05) is 26.8 Å². The lowest BCUT2D eigenvalue weighted by Crippen LogP contribution is -2.23. The van der Waals surface area contributed by atoms with Gasteiger partial charge in [-0.25, -0.2) is 4.98 Å². The molecule has 0 unspecified atom stereocenters. The first-order valence-corrected chi connectivity index (χ1v) is 5.91. The maximum absolute atomic E-state index is 8.81. The van der Waals surface area contributed by atoms with E-state index in [0.29, 0.717) is 29.6 Å². The van der Waals surface area contributed by atoms with Gasteiger partial charge in [-0.1, -0.05) is 5.16 Å². The second-order valence-electron chi connectivity index (χ2n) is 4.41. The Morgan fingerprint density at radius 1 is 1.47 bits per heavy atom. The van der Waals surface area contributed by atoms with E-state index in [-0.39, 0.29) is 0 Å². The normalized spacial score (nSPS) is 11.3. The molecule has 6 nitrogen and oxygen atoms in total. The Morgan fingerprint density at radius 3 is 2.95 bits per heavy atom. The first-order valence-electron chi connectivity index (χ1n) is 5.91. The van der Waals surface area contributed by atoms with Crippen LogP contribution in [-0.2, 0) is 10.3 Å². The molecule has 2 aromatic heterocycles. The molecule has 98 valence electrons. The van der Waals surface area contributed by atoms with Gasteiger partial charge in [-0.15, -0.1) is 0 Å². The van der Waals surface area contributed by atoms with Crippen molar-refractivity contribution in [2.45, 2.75) is 26.4 Å². The van der Waals surface area contributed by atoms with Crippen molar-refractivity contribution >= 4 is 0 Å². The number of hydrogen-bond donors (Lipinski definition) is 0. The van der Waals surface area contributed by atoms with E-state index < -0.39 is 5.60 Å². The molecule has 0 radical (unpaired) electrons. The third-order valence-corrected chi connectivity index (χ3v) is 2.59. The quantitative estimate of drug-likeness (QED) is 0.836. The highest BCUT2D eigenvalue weighted by Crippen LogP contribution is 2.25. The molecule has 0 fully saturated rings. The van der Waals surface area contributed by atoms with Gasteiger partial charge in [0.25, 0.3) is 5.89 Å². The molecule has 0 bridgehead atoms. The number of pyridine rings is 1. The summed E-state index contributed by atoms with van der Waals surface area (Å²) in [6.45, 7) is 6.21. The van der Waals surface area contributed by atoms with E-state index in [0.717, 1.165) is 0 Å². The van der Waals surface area contributed by atoms with Crippen molar-refractivity contribution in [3.05, 3.63) is 29.8 Å². The average Bonchev–Trinajstić information content (AvgIpc) is 2.89. The van der Waals surface area contributed by atoms with E-state index in [9.17, 15) is 0 Å². The van der Waals surface area contributed by atoms with Gasteiger partial charge in [0.05, 0.1) is 0 Å². The van der Waals surface area contributed by atoms with Gasteiger partial charge in [-0.2, -0.15) is 10.2 Å². The first kappa shape index (κ1) is 13.2. The summed E-state index contributed by atoms with van der Waals surface area (Å²) in [5, 5.41) is 12.7. The van der Waals surface area contributed by atoms with Crippen LogP contribution in [-0.4, -0.2) is 21.7 Å². The maximum atomic E-state index is 8.81. The minimum absolute atomic E-state index is 0.307. The van der Waals surface area contributed by atoms with Gasteiger partial charge < -0.3 is 9.26 Å². The highest BCUT2D eigenvalue weighted by atomic mass is 16.5. The van der Waals surface area contributed by atoms with Crippen molar-refractivity contribution in [1.82, 2.24) is 15.1 Å². The van der Waals surface area contributed by atoms with Crippen LogP contribution in [0.5, 0.6) is 0 Å². The van der Waals surface area contributed by atoms with E-state index in [1.54, 1.807) is 12.1 Å². The first-order chi connectivity index (χ1) is 9.06. The molecule has 0 atom stereocenters. The Morgan fingerprint density at radius 2 is 2.26 bits per heavy atom. The molecule has 0 saturated carbocycles. The number of nitriles is 1. The second-order valence-corrected chi connectivity index (χ2v) is 4.41. The zero-order valence-electron chi connectivity index (χ0n) is 11.0. The molecule has 0 saturated heterocycles. The predicted molar refractivity (Wildman–Crippen MR) is 66.9 cm³/mol. The number of rotatable bonds is 4. The Kier molecular flexibility index (Phi) is 3.58. The smallest absolute Gasteiger partial charge is 0.258 e. The van der Waals surface area contributed by atoms with E-state index in [1.165, 1.54) is 6.20 Å². The SMILES string of the molecule is CCOC(C)(C)c1noc(-c2ccnc(C#N)c2)n1. The summed E-state index contributed by atoms with van der Waals surface area (Å²) < 4.78 is 10.8. The number of hydrogen-bond acceptors (Lipinski definition) is 6. The molecule has 0 amide bonds. The fraction of sp³-hybridized carbons (Fsp3) is 0.385. The number of aromatic nitrogens is 3. The second kappa shape index (κ2) is 5.16. The molecular weight excluding hydrogens is 244 g/mol. The fourth-order valence-electron chi connectivity index (χ4n) is 1.64. The number of nitrogens with zero attached hydrogens (tertiary/aromatic N) is 4. The average molecular weight is 258 g/mol. The van der Waals surface area contributed by atoms with Crippen molar-refractivity contribution in [2.24, 2.45) is 0 Å². The van der Waals surface area contributed by atoms with Crippen LogP contribution in [0.1, 0.15) is 32.3 Å². The third kappa shape index (κ3) is 2.77. The lowest BCUT2D eigenvalue weighted by Gasteiger charge is -2.19. The van der Waals surface area contributed by atoms with Crippen LogP contribution in [0.4, 0.5) is 0 Å². The van der Waals surface area contributed by atoms with E-state index in [2.05, 4.69) is 15.1 Å². The lowest BCUT2D eigenvalue weighted by molar-refractivity contribution is -0.0221. The molecule has 2 rings (SSSR count). The summed E-state index contributed by atoms with van der Waals surface area (Å²) in [5.74, 6) is 0.821. The van der Waals surface area contributed by atoms with Gasteiger partial charge in [-0.05, 0) is 32.9 Å². The van der Waals surface area contributed by atoms with Gasteiger partial charge in [0, 0.05) is 18.4 Å². The molecule has 0 aliphatic rings. The summed E-state index contributed by atoms with van der Waals surface area (Å²) in [6.07, 6.45) is 1.53. The van der Waals surface area contributed by atoms with Crippen LogP contribution in [0, 0.1) is 11.3 Å². The van der Waals surface area contributed by atoms with Crippen LogP contribution in [0.3, 0.4) is 0 Å². The molecular formula is C13H14N4O2. The summed E-state index contributed by atoms with van der Waals surface area (Å²) >= 11 is 0. The van der Waals surface area contributed by atoms with Crippen LogP contribution in [0.15, 0.2) is 22.9 Å². The molecule has 2 aromatic rings. The van der Waals surface area contributed by atoms with Gasteiger partial charge in [-0.3, -0.25) is 0 Å². The summed E-state index contributed by atoms with van der Waals surface area (Å²) in [7, 11) is 0. The third-order valence-electron chi connectivity index (χ3n) is 2.59. The molecule has 6 heteroatoms. The van der Waals surface area contributed by atoms with Crippen LogP contribution in [0.25, 0.3) is 11.5 Å². The Labute approximate surface area is 111 Å². The zero-order valence-corrected chi connectivity index (χ0v) is 11.0. The topological polar surface area (TPSA) is 84.8 Å². The Hall–Kier alpha value is -2.26. The molecule has 0 N–H and O–H groups in total. The summed E-state index contributed by atoms with van der Waals surface area (Å²) in [5.41, 5.74) is 0.362. The Bertz CT molecular complexity index is 613. The van der Waals surface area contributed by atoms with Crippen LogP contribution >= 0.6 is 0 Å². The Balaban J connectivity index is 2.33. The predicted octanol–water partition coefficient (Wildman–Crippen LogP) is 2.27. The van der Waals surface area contributed by atoms with Crippen LogP contribution < -0.4 is 0 Å². The standard InChI is InChI=1S/C13H14N4O2/c1-4-18-13(2,3)12-16-11(19-17-12)9-5-6-15-10(7-9)8-14/h5-7H,4H2,1-3H3. The van der Waals surface area contributed by atoms with Gasteiger partial charge >= 0.3 is 0 Å². The molecule has 0 aliphatic heterocycles. The fourth-order valence-corrected chi connectivity index (χ4v) is 1.64. The van der Waals surface area contributed by atoms with E-state index in [4.69, 9.17) is 14.5 Å². The summed E-state index contributed by atoms with van der Waals surface area (Å²) in [4.78, 5) is 8.20. The maximum Gasteiger partial charge on any atom is 0.258 e. The summed E-state index contributed by atoms with van der Waals surface area (Å²) in [6, 6.07) is 5.29. The molecule has 0 aromatic carbocycles. The van der Waals surface area contributed by atoms with Crippen molar-refractivity contribution in [2.75, 3.05) is 6.61 Å². The van der Waals surface area contributed by atoms with Gasteiger partial charge in [0.1, 0.15) is 17.4 Å². The molecule has 19 heavy (non-hydrogen) atoms. The van der Waals surface area contributed by atoms with Crippen molar-refractivity contribution in [3.63, 3.8) is 0 Å². The monoisotopic (exact) mass is 258 g/mol. The van der Waals surface area contributed by atoms with Crippen molar-refractivity contribution in [1.29, 1.82) is 5.26 Å². The van der Waals surface area contributed by atoms with E-state index >= 15 is 0 Å². The molecule has 2 heterocycles. The van der Waals surface area contributed by atoms with Gasteiger partial charge in [0.15, 0.2) is 0 Å². The van der Waals surface area contributed by atoms with Crippen molar-refractivity contribution < 1.29 is 9.26 Å². The minimum Gasteiger partial charge on any atom is -0.368 e. The van der Waals surface area contributed by atoms with Crippen molar-refractivity contribution in [3.8, 4) is 17.5 Å².